The number of nitrogens with zero attached hydrogens (tertiary/aromatic N) is 6. The first-order chi connectivity index (χ1) is 20.7. The minimum Gasteiger partial charge on any atom is -0.477 e. The fourth-order valence-corrected chi connectivity index (χ4v) is 5.91. The van der Waals surface area contributed by atoms with Crippen LogP contribution in [0, 0.1) is 12.3 Å². The number of anilines is 2. The van der Waals surface area contributed by atoms with Gasteiger partial charge in [0.2, 0.25) is 11.3 Å². The number of aromatic nitrogens is 3. The molecule has 0 bridgehead atoms. The van der Waals surface area contributed by atoms with Gasteiger partial charge in [0, 0.05) is 49.0 Å². The summed E-state index contributed by atoms with van der Waals surface area (Å²) < 4.78 is 7.68. The van der Waals surface area contributed by atoms with Gasteiger partial charge in [0.05, 0.1) is 29.1 Å². The number of benzene rings is 1. The zero-order chi connectivity index (χ0) is 30.2. The molecule has 3 aromatic heterocycles. The molecule has 43 heavy (non-hydrogen) atoms. The number of carboxylic acids is 1. The second-order valence-electron chi connectivity index (χ2n) is 11.1. The molecule has 10 nitrogen and oxygen atoms in total. The lowest BCUT2D eigenvalue weighted by atomic mass is 10.0. The largest absolute Gasteiger partial charge is 0.477 e. The minimum atomic E-state index is -1.31. The summed E-state index contributed by atoms with van der Waals surface area (Å²) >= 11 is 6.25. The Bertz CT molecular complexity index is 1790. The summed E-state index contributed by atoms with van der Waals surface area (Å²) in [6.07, 6.45) is 12.4. The monoisotopic (exact) mass is 598 g/mol. The van der Waals surface area contributed by atoms with Gasteiger partial charge in [-0.25, -0.2) is 14.8 Å². The lowest BCUT2D eigenvalue weighted by Gasteiger charge is -2.43. The number of carbonyl (C=O) groups is 1. The van der Waals surface area contributed by atoms with E-state index in [4.69, 9.17) is 22.8 Å². The molecule has 2 fully saturated rings. The van der Waals surface area contributed by atoms with E-state index < -0.39 is 11.4 Å². The fourth-order valence-electron chi connectivity index (χ4n) is 5.74. The van der Waals surface area contributed by atoms with Crippen LogP contribution >= 0.6 is 11.6 Å². The summed E-state index contributed by atoms with van der Waals surface area (Å²) in [5.41, 5.74) is 1.50. The number of ether oxygens (including phenoxy) is 1. The van der Waals surface area contributed by atoms with E-state index in [1.807, 2.05) is 18.2 Å². The number of likely N-dealkylation sites (N-methyl/N-ethyl adjacent to an activating group) is 1. The number of rotatable bonds is 8. The van der Waals surface area contributed by atoms with Crippen molar-refractivity contribution in [2.75, 3.05) is 50.1 Å². The normalized spacial score (nSPS) is 16.9. The van der Waals surface area contributed by atoms with E-state index in [-0.39, 0.29) is 17.0 Å². The van der Waals surface area contributed by atoms with Gasteiger partial charge in [-0.05, 0) is 63.3 Å². The maximum absolute atomic E-state index is 13.3. The van der Waals surface area contributed by atoms with Crippen LogP contribution in [0.5, 0.6) is 5.88 Å². The lowest BCUT2D eigenvalue weighted by molar-refractivity contribution is 0.0695. The molecule has 0 aliphatic carbocycles. The van der Waals surface area contributed by atoms with Crippen molar-refractivity contribution in [2.45, 2.75) is 24.9 Å². The van der Waals surface area contributed by atoms with Crippen LogP contribution in [0.2, 0.25) is 5.02 Å². The molecule has 0 unspecified atom stereocenters. The Hall–Kier alpha value is -4.59. The van der Waals surface area contributed by atoms with Crippen LogP contribution in [0.15, 0.2) is 59.8 Å². The molecule has 0 radical (unpaired) electrons. The summed E-state index contributed by atoms with van der Waals surface area (Å²) in [6.45, 7) is 2.85. The van der Waals surface area contributed by atoms with Crippen molar-refractivity contribution in [3.63, 3.8) is 0 Å². The van der Waals surface area contributed by atoms with Crippen molar-refractivity contribution in [2.24, 2.45) is 0 Å². The number of halogens is 1. The van der Waals surface area contributed by atoms with Crippen LogP contribution in [-0.2, 0) is 0 Å². The van der Waals surface area contributed by atoms with Gasteiger partial charge in [-0.2, -0.15) is 0 Å². The second kappa shape index (κ2) is 11.6. The van der Waals surface area contributed by atoms with E-state index in [1.165, 1.54) is 6.20 Å². The van der Waals surface area contributed by atoms with Crippen LogP contribution in [0.1, 0.15) is 28.8 Å². The Morgan fingerprint density at radius 1 is 1.23 bits per heavy atom. The first-order valence-electron chi connectivity index (χ1n) is 14.1. The molecule has 1 atom stereocenters. The number of fused-ring (bicyclic) bond motifs is 1. The Kier molecular flexibility index (Phi) is 7.69. The summed E-state index contributed by atoms with van der Waals surface area (Å²) in [7, 11) is 4.13. The van der Waals surface area contributed by atoms with Gasteiger partial charge in [-0.1, -0.05) is 17.5 Å². The van der Waals surface area contributed by atoms with Gasteiger partial charge in [-0.15, -0.1) is 6.42 Å². The van der Waals surface area contributed by atoms with Crippen molar-refractivity contribution in [1.29, 1.82) is 0 Å². The van der Waals surface area contributed by atoms with Gasteiger partial charge in [0.15, 0.2) is 0 Å². The smallest absolute Gasteiger partial charge is 0.341 e. The molecule has 2 aliphatic heterocycles. The third-order valence-corrected chi connectivity index (χ3v) is 8.55. The topological polar surface area (TPSA) is 104 Å². The number of terminal acetylenes is 1. The number of pyridine rings is 3. The molecule has 1 aromatic carbocycles. The Morgan fingerprint density at radius 3 is 2.72 bits per heavy atom. The van der Waals surface area contributed by atoms with Crippen molar-refractivity contribution < 1.29 is 14.6 Å². The van der Waals surface area contributed by atoms with Crippen LogP contribution in [-0.4, -0.2) is 82.9 Å². The molecule has 2 aliphatic rings. The molecule has 0 spiro atoms. The first-order valence-corrected chi connectivity index (χ1v) is 14.4. The fraction of sp³-hybridized carbons (Fsp3) is 0.312. The van der Waals surface area contributed by atoms with Crippen molar-refractivity contribution in [3.8, 4) is 23.9 Å². The van der Waals surface area contributed by atoms with Gasteiger partial charge < -0.3 is 29.1 Å². The maximum atomic E-state index is 13.3. The highest BCUT2D eigenvalue weighted by Gasteiger charge is 2.30. The quantitative estimate of drug-likeness (QED) is 0.302. The highest BCUT2D eigenvalue weighted by atomic mass is 35.5. The van der Waals surface area contributed by atoms with E-state index in [9.17, 15) is 14.7 Å². The highest BCUT2D eigenvalue weighted by molar-refractivity contribution is 6.31. The number of aromatic carboxylic acids is 1. The molecule has 0 saturated carbocycles. The Balaban J connectivity index is 1.39. The van der Waals surface area contributed by atoms with E-state index in [0.29, 0.717) is 40.3 Å². The lowest BCUT2D eigenvalue weighted by Crippen LogP contribution is -2.57. The standard InChI is InChI=1S/C32H31ClN6O4/c1-4-20-13-24-28(14-27(20)38-12-6-7-22(38)19-43-31-26(33)8-5-11-34-31)39(18-25(30(24)40)32(41)42)21-9-10-29(35-15-21)37-16-23(17-37)36(2)3/h1,5,8-11,13-15,18,22-23H,6-7,12,16-17,19H2,2-3H3,(H,41,42)/t22-/m1/s1. The van der Waals surface area contributed by atoms with Crippen LogP contribution in [0.4, 0.5) is 11.5 Å². The summed E-state index contributed by atoms with van der Waals surface area (Å²) in [5, 5.41) is 10.5. The van der Waals surface area contributed by atoms with Crippen molar-refractivity contribution in [3.05, 3.63) is 81.4 Å². The molecule has 5 heterocycles. The predicted octanol–water partition coefficient (Wildman–Crippen LogP) is 3.91. The molecular formula is C32H31ClN6O4. The molecule has 2 saturated heterocycles. The number of carboxylic acid groups (broad SMARTS) is 1. The summed E-state index contributed by atoms with van der Waals surface area (Å²) in [5.74, 6) is 2.62. The maximum Gasteiger partial charge on any atom is 0.341 e. The molecule has 1 N–H and O–H groups in total. The van der Waals surface area contributed by atoms with E-state index in [0.717, 1.165) is 44.0 Å². The third kappa shape index (κ3) is 5.38. The Labute approximate surface area is 254 Å². The second-order valence-corrected chi connectivity index (χ2v) is 11.5. The average molecular weight is 599 g/mol. The van der Waals surface area contributed by atoms with Gasteiger partial charge >= 0.3 is 5.97 Å². The van der Waals surface area contributed by atoms with Crippen LogP contribution in [0.3, 0.4) is 0 Å². The van der Waals surface area contributed by atoms with E-state index in [2.05, 4.69) is 44.7 Å². The van der Waals surface area contributed by atoms with Gasteiger partial charge in [-0.3, -0.25) is 4.79 Å². The summed E-state index contributed by atoms with van der Waals surface area (Å²) in [6, 6.07) is 11.2. The SMILES string of the molecule is C#Cc1cc2c(=O)c(C(=O)O)cn(-c3ccc(N4CC(N(C)C)C4)nc3)c2cc1N1CCC[C@@H]1COc1ncccc1Cl. The predicted molar refractivity (Wildman–Crippen MR) is 167 cm³/mol. The highest BCUT2D eigenvalue weighted by Crippen LogP contribution is 2.33. The van der Waals surface area contributed by atoms with Gasteiger partial charge in [0.25, 0.3) is 0 Å². The van der Waals surface area contributed by atoms with Crippen LogP contribution in [0.25, 0.3) is 16.6 Å². The zero-order valence-corrected chi connectivity index (χ0v) is 24.7. The average Bonchev–Trinajstić information content (AvgIpc) is 3.44. The third-order valence-electron chi connectivity index (χ3n) is 8.26. The first kappa shape index (κ1) is 28.5. The molecule has 11 heteroatoms. The Morgan fingerprint density at radius 2 is 2.05 bits per heavy atom. The molecule has 4 aromatic rings. The molecule has 220 valence electrons. The minimum absolute atomic E-state index is 0.00967. The van der Waals surface area contributed by atoms with E-state index in [1.54, 1.807) is 35.2 Å². The molecular weight excluding hydrogens is 568 g/mol. The van der Waals surface area contributed by atoms with Crippen LogP contribution < -0.4 is 20.0 Å². The number of hydrogen-bond donors (Lipinski definition) is 1. The zero-order valence-electron chi connectivity index (χ0n) is 23.9. The summed E-state index contributed by atoms with van der Waals surface area (Å²) in [4.78, 5) is 40.9. The number of hydrogen-bond acceptors (Lipinski definition) is 8. The molecule has 0 amide bonds. The van der Waals surface area contributed by atoms with Crippen molar-refractivity contribution in [1.82, 2.24) is 19.4 Å². The van der Waals surface area contributed by atoms with E-state index >= 15 is 0 Å². The van der Waals surface area contributed by atoms with Gasteiger partial charge in [0.1, 0.15) is 23.0 Å². The molecule has 6 rings (SSSR count). The van der Waals surface area contributed by atoms with Crippen molar-refractivity contribution >= 4 is 40.0 Å².